The molecule has 0 aliphatic carbocycles. The van der Waals surface area contributed by atoms with Crippen molar-refractivity contribution in [2.45, 2.75) is 32.7 Å². The first-order chi connectivity index (χ1) is 16.6. The summed E-state index contributed by atoms with van der Waals surface area (Å²) in [6.45, 7) is 4.20. The molecule has 0 saturated carbocycles. The number of nitrogens with zero attached hydrogens (tertiary/aromatic N) is 4. The van der Waals surface area contributed by atoms with Gasteiger partial charge in [0, 0.05) is 37.6 Å². The van der Waals surface area contributed by atoms with Gasteiger partial charge in [0.2, 0.25) is 5.91 Å². The van der Waals surface area contributed by atoms with Gasteiger partial charge in [0.1, 0.15) is 5.52 Å². The summed E-state index contributed by atoms with van der Waals surface area (Å²) in [5, 5.41) is 8.51. The van der Waals surface area contributed by atoms with Crippen LogP contribution in [0.1, 0.15) is 30.9 Å². The fraction of sp³-hybridized carbons (Fsp3) is 0.296. The number of hydrogen-bond acceptors (Lipinski definition) is 4. The van der Waals surface area contributed by atoms with Crippen LogP contribution in [0, 0.1) is 5.92 Å². The fourth-order valence-corrected chi connectivity index (χ4v) is 4.79. The number of aryl methyl sites for hydroxylation is 1. The zero-order chi connectivity index (χ0) is 23.5. The SMILES string of the molecule is CCc1ccc(CNC(=O)C2CCCN(c3nccn4nc(-c5ccccc5Cl)cc34)C2)cc1. The lowest BCUT2D eigenvalue weighted by Gasteiger charge is -2.33. The van der Waals surface area contributed by atoms with Crippen LogP contribution in [0.25, 0.3) is 16.8 Å². The van der Waals surface area contributed by atoms with Gasteiger partial charge in [0.05, 0.1) is 16.6 Å². The van der Waals surface area contributed by atoms with E-state index in [-0.39, 0.29) is 11.8 Å². The molecule has 2 aromatic heterocycles. The van der Waals surface area contributed by atoms with Crippen LogP contribution in [0.5, 0.6) is 0 Å². The summed E-state index contributed by atoms with van der Waals surface area (Å²) < 4.78 is 1.84. The van der Waals surface area contributed by atoms with Crippen LogP contribution in [0.15, 0.2) is 67.0 Å². The molecule has 4 aromatic rings. The van der Waals surface area contributed by atoms with E-state index in [2.05, 4.69) is 46.4 Å². The van der Waals surface area contributed by atoms with Crippen LogP contribution in [0.3, 0.4) is 0 Å². The van der Waals surface area contributed by atoms with Gasteiger partial charge in [-0.3, -0.25) is 4.79 Å². The molecule has 1 N–H and O–H groups in total. The molecule has 1 atom stereocenters. The number of carbonyl (C=O) groups is 1. The molecule has 0 bridgehead atoms. The van der Waals surface area contributed by atoms with E-state index in [0.29, 0.717) is 18.1 Å². The molecule has 1 saturated heterocycles. The Hall–Kier alpha value is -3.38. The van der Waals surface area contributed by atoms with Crippen LogP contribution in [-0.4, -0.2) is 33.6 Å². The molecule has 34 heavy (non-hydrogen) atoms. The Bertz CT molecular complexity index is 1300. The van der Waals surface area contributed by atoms with Gasteiger partial charge in [-0.1, -0.05) is 61.0 Å². The highest BCUT2D eigenvalue weighted by Gasteiger charge is 2.27. The maximum absolute atomic E-state index is 13.0. The molecule has 6 nitrogen and oxygen atoms in total. The number of aromatic nitrogens is 3. The number of amides is 1. The first-order valence-corrected chi connectivity index (χ1v) is 12.2. The van der Waals surface area contributed by atoms with Crippen molar-refractivity contribution in [1.29, 1.82) is 0 Å². The van der Waals surface area contributed by atoms with E-state index in [4.69, 9.17) is 16.7 Å². The summed E-state index contributed by atoms with van der Waals surface area (Å²) in [5.74, 6) is 0.874. The summed E-state index contributed by atoms with van der Waals surface area (Å²) >= 11 is 6.40. The minimum absolute atomic E-state index is 0.0725. The molecule has 1 fully saturated rings. The van der Waals surface area contributed by atoms with Gasteiger partial charge >= 0.3 is 0 Å². The molecular weight excluding hydrogens is 446 g/mol. The van der Waals surface area contributed by atoms with Gasteiger partial charge in [0.25, 0.3) is 0 Å². The topological polar surface area (TPSA) is 62.5 Å². The molecule has 0 radical (unpaired) electrons. The van der Waals surface area contributed by atoms with Crippen LogP contribution in [0.4, 0.5) is 5.82 Å². The number of benzene rings is 2. The lowest BCUT2D eigenvalue weighted by atomic mass is 9.97. The summed E-state index contributed by atoms with van der Waals surface area (Å²) in [6.07, 6.45) is 6.44. The van der Waals surface area contributed by atoms with E-state index in [1.165, 1.54) is 5.56 Å². The number of halogens is 1. The predicted octanol–water partition coefficient (Wildman–Crippen LogP) is 5.14. The van der Waals surface area contributed by atoms with Gasteiger partial charge in [-0.15, -0.1) is 0 Å². The fourth-order valence-electron chi connectivity index (χ4n) is 4.56. The number of carbonyl (C=O) groups excluding carboxylic acids is 1. The first-order valence-electron chi connectivity index (χ1n) is 11.8. The molecule has 1 unspecified atom stereocenters. The zero-order valence-corrected chi connectivity index (χ0v) is 20.0. The zero-order valence-electron chi connectivity index (χ0n) is 19.2. The van der Waals surface area contributed by atoms with E-state index in [0.717, 1.165) is 54.0 Å². The van der Waals surface area contributed by atoms with Crippen molar-refractivity contribution >= 4 is 28.8 Å². The number of rotatable bonds is 6. The quantitative estimate of drug-likeness (QED) is 0.421. The Kier molecular flexibility index (Phi) is 6.50. The molecule has 1 amide bonds. The van der Waals surface area contributed by atoms with Crippen molar-refractivity contribution < 1.29 is 4.79 Å². The van der Waals surface area contributed by atoms with Gasteiger partial charge in [-0.05, 0) is 42.5 Å². The average Bonchev–Trinajstić information content (AvgIpc) is 3.32. The van der Waals surface area contributed by atoms with Gasteiger partial charge in [0.15, 0.2) is 5.82 Å². The molecule has 2 aromatic carbocycles. The smallest absolute Gasteiger partial charge is 0.225 e. The second-order valence-electron chi connectivity index (χ2n) is 8.76. The molecule has 1 aliphatic heterocycles. The van der Waals surface area contributed by atoms with E-state index in [9.17, 15) is 4.79 Å². The molecule has 5 rings (SSSR count). The standard InChI is InChI=1S/C27H28ClN5O/c1-2-19-9-11-20(12-10-19)17-30-27(34)21-6-5-14-32(18-21)26-25-16-24(31-33(25)15-13-29-26)22-7-3-4-8-23(22)28/h3-4,7-13,15-16,21H,2,5-6,14,17-18H2,1H3,(H,30,34). The predicted molar refractivity (Wildman–Crippen MR) is 136 cm³/mol. The number of piperidine rings is 1. The minimum Gasteiger partial charge on any atom is -0.354 e. The third kappa shape index (κ3) is 4.64. The Morgan fingerprint density at radius 3 is 2.74 bits per heavy atom. The molecule has 3 heterocycles. The van der Waals surface area contributed by atoms with E-state index >= 15 is 0 Å². The van der Waals surface area contributed by atoms with Gasteiger partial charge in [-0.2, -0.15) is 5.10 Å². The first kappa shape index (κ1) is 22.4. The number of nitrogens with one attached hydrogen (secondary N) is 1. The maximum atomic E-state index is 13.0. The maximum Gasteiger partial charge on any atom is 0.225 e. The van der Waals surface area contributed by atoms with Crippen LogP contribution < -0.4 is 10.2 Å². The van der Waals surface area contributed by atoms with Gasteiger partial charge in [-0.25, -0.2) is 9.50 Å². The van der Waals surface area contributed by atoms with Crippen molar-refractivity contribution in [3.63, 3.8) is 0 Å². The van der Waals surface area contributed by atoms with Crippen molar-refractivity contribution in [2.75, 3.05) is 18.0 Å². The number of hydrogen-bond donors (Lipinski definition) is 1. The minimum atomic E-state index is -0.0725. The summed E-state index contributed by atoms with van der Waals surface area (Å²) in [6, 6.07) is 18.1. The summed E-state index contributed by atoms with van der Waals surface area (Å²) in [5.41, 5.74) is 5.03. The molecule has 7 heteroatoms. The number of anilines is 1. The molecule has 0 spiro atoms. The van der Waals surface area contributed by atoms with Crippen LogP contribution in [0.2, 0.25) is 5.02 Å². The molecular formula is C27H28ClN5O. The largest absolute Gasteiger partial charge is 0.354 e. The lowest BCUT2D eigenvalue weighted by molar-refractivity contribution is -0.125. The van der Waals surface area contributed by atoms with Crippen molar-refractivity contribution in [3.8, 4) is 11.3 Å². The third-order valence-corrected chi connectivity index (χ3v) is 6.84. The van der Waals surface area contributed by atoms with Gasteiger partial charge < -0.3 is 10.2 Å². The highest BCUT2D eigenvalue weighted by Crippen LogP contribution is 2.31. The second-order valence-corrected chi connectivity index (χ2v) is 9.17. The third-order valence-electron chi connectivity index (χ3n) is 6.51. The average molecular weight is 474 g/mol. The van der Waals surface area contributed by atoms with Crippen LogP contribution >= 0.6 is 11.6 Å². The summed E-state index contributed by atoms with van der Waals surface area (Å²) in [7, 11) is 0. The second kappa shape index (κ2) is 9.85. The Labute approximate surface area is 204 Å². The molecule has 1 aliphatic rings. The van der Waals surface area contributed by atoms with E-state index in [1.54, 1.807) is 6.20 Å². The Morgan fingerprint density at radius 2 is 1.94 bits per heavy atom. The monoisotopic (exact) mass is 473 g/mol. The normalized spacial score (nSPS) is 16.1. The Balaban J connectivity index is 1.31. The van der Waals surface area contributed by atoms with E-state index < -0.39 is 0 Å². The molecule has 174 valence electrons. The van der Waals surface area contributed by atoms with Crippen molar-refractivity contribution in [1.82, 2.24) is 19.9 Å². The lowest BCUT2D eigenvalue weighted by Crippen LogP contribution is -2.43. The Morgan fingerprint density at radius 1 is 1.15 bits per heavy atom. The van der Waals surface area contributed by atoms with Crippen molar-refractivity contribution in [2.24, 2.45) is 5.92 Å². The van der Waals surface area contributed by atoms with E-state index in [1.807, 2.05) is 41.0 Å². The highest BCUT2D eigenvalue weighted by atomic mass is 35.5. The summed E-state index contributed by atoms with van der Waals surface area (Å²) in [4.78, 5) is 19.8. The van der Waals surface area contributed by atoms with Crippen LogP contribution in [-0.2, 0) is 17.8 Å². The number of fused-ring (bicyclic) bond motifs is 1. The highest BCUT2D eigenvalue weighted by molar-refractivity contribution is 6.33. The van der Waals surface area contributed by atoms with Crippen molar-refractivity contribution in [3.05, 3.63) is 83.1 Å².